The Hall–Kier alpha value is -0.900. The monoisotopic (exact) mass is 211 g/mol. The summed E-state index contributed by atoms with van der Waals surface area (Å²) in [5, 5.41) is 11.0. The number of hydrogen-bond donors (Lipinski definition) is 1. The summed E-state index contributed by atoms with van der Waals surface area (Å²) in [6.07, 6.45) is 0.847. The van der Waals surface area contributed by atoms with E-state index in [2.05, 4.69) is 43.2 Å². The SMILES string of the molecule is CNCc1nnc(CC(C)C(C)(C)C)o1. The number of hydrogen-bond acceptors (Lipinski definition) is 4. The maximum absolute atomic E-state index is 5.51. The molecule has 1 N–H and O–H groups in total. The van der Waals surface area contributed by atoms with E-state index in [0.29, 0.717) is 18.4 Å². The van der Waals surface area contributed by atoms with Crippen molar-refractivity contribution < 1.29 is 4.42 Å². The third-order valence-corrected chi connectivity index (χ3v) is 2.80. The van der Waals surface area contributed by atoms with E-state index in [9.17, 15) is 0 Å². The fourth-order valence-electron chi connectivity index (χ4n) is 1.16. The molecule has 1 unspecified atom stereocenters. The minimum Gasteiger partial charge on any atom is -0.424 e. The van der Waals surface area contributed by atoms with Gasteiger partial charge in [-0.2, -0.15) is 0 Å². The normalized spacial score (nSPS) is 14.2. The van der Waals surface area contributed by atoms with Crippen molar-refractivity contribution in [3.05, 3.63) is 11.8 Å². The lowest BCUT2D eigenvalue weighted by Gasteiger charge is -2.25. The van der Waals surface area contributed by atoms with Gasteiger partial charge in [0.05, 0.1) is 6.54 Å². The number of aromatic nitrogens is 2. The standard InChI is InChI=1S/C11H21N3O/c1-8(11(2,3)4)6-9-13-14-10(15-9)7-12-5/h8,12H,6-7H2,1-5H3. The highest BCUT2D eigenvalue weighted by Gasteiger charge is 2.22. The van der Waals surface area contributed by atoms with Crippen LogP contribution in [0.3, 0.4) is 0 Å². The van der Waals surface area contributed by atoms with Gasteiger partial charge < -0.3 is 9.73 Å². The van der Waals surface area contributed by atoms with Gasteiger partial charge in [-0.05, 0) is 18.4 Å². The second-order valence-corrected chi connectivity index (χ2v) is 5.09. The zero-order valence-corrected chi connectivity index (χ0v) is 10.3. The molecule has 0 aliphatic rings. The fourth-order valence-corrected chi connectivity index (χ4v) is 1.16. The van der Waals surface area contributed by atoms with Crippen LogP contribution in [0.4, 0.5) is 0 Å². The molecule has 0 fully saturated rings. The van der Waals surface area contributed by atoms with Crippen molar-refractivity contribution in [2.75, 3.05) is 7.05 Å². The topological polar surface area (TPSA) is 51.0 Å². The summed E-state index contributed by atoms with van der Waals surface area (Å²) < 4.78 is 5.51. The van der Waals surface area contributed by atoms with E-state index in [1.54, 1.807) is 0 Å². The molecule has 15 heavy (non-hydrogen) atoms. The van der Waals surface area contributed by atoms with Crippen molar-refractivity contribution in [2.45, 2.75) is 40.7 Å². The molecule has 0 aliphatic heterocycles. The summed E-state index contributed by atoms with van der Waals surface area (Å²) in [5.41, 5.74) is 0.275. The van der Waals surface area contributed by atoms with Gasteiger partial charge in [-0.3, -0.25) is 0 Å². The summed E-state index contributed by atoms with van der Waals surface area (Å²) in [7, 11) is 1.86. The Bertz CT molecular complexity index is 301. The van der Waals surface area contributed by atoms with Crippen molar-refractivity contribution in [1.29, 1.82) is 0 Å². The second-order valence-electron chi connectivity index (χ2n) is 5.09. The Balaban J connectivity index is 2.57. The maximum Gasteiger partial charge on any atom is 0.230 e. The molecule has 0 bridgehead atoms. The predicted octanol–water partition coefficient (Wildman–Crippen LogP) is 2.01. The third-order valence-electron chi connectivity index (χ3n) is 2.80. The first-order chi connectivity index (χ1) is 6.93. The van der Waals surface area contributed by atoms with E-state index < -0.39 is 0 Å². The molecule has 4 nitrogen and oxygen atoms in total. The van der Waals surface area contributed by atoms with Crippen LogP contribution in [0.25, 0.3) is 0 Å². The average molecular weight is 211 g/mol. The minimum atomic E-state index is 0.275. The zero-order valence-electron chi connectivity index (χ0n) is 10.3. The van der Waals surface area contributed by atoms with Crippen molar-refractivity contribution in [1.82, 2.24) is 15.5 Å². The smallest absolute Gasteiger partial charge is 0.230 e. The van der Waals surface area contributed by atoms with E-state index in [-0.39, 0.29) is 5.41 Å². The summed E-state index contributed by atoms with van der Waals surface area (Å²) in [5.74, 6) is 1.93. The molecule has 0 saturated heterocycles. The quantitative estimate of drug-likeness (QED) is 0.827. The summed E-state index contributed by atoms with van der Waals surface area (Å²) >= 11 is 0. The average Bonchev–Trinajstić information content (AvgIpc) is 2.51. The molecule has 0 amide bonds. The molecule has 0 spiro atoms. The lowest BCUT2D eigenvalue weighted by molar-refractivity contribution is 0.243. The van der Waals surface area contributed by atoms with Crippen molar-refractivity contribution in [2.24, 2.45) is 11.3 Å². The van der Waals surface area contributed by atoms with Crippen molar-refractivity contribution in [3.8, 4) is 0 Å². The molecule has 0 aromatic carbocycles. The first kappa shape index (κ1) is 12.2. The van der Waals surface area contributed by atoms with E-state index in [1.165, 1.54) is 0 Å². The summed E-state index contributed by atoms with van der Waals surface area (Å²) in [4.78, 5) is 0. The van der Waals surface area contributed by atoms with Gasteiger partial charge >= 0.3 is 0 Å². The maximum atomic E-state index is 5.51. The van der Waals surface area contributed by atoms with Crippen LogP contribution in [0.2, 0.25) is 0 Å². The highest BCUT2D eigenvalue weighted by atomic mass is 16.4. The second kappa shape index (κ2) is 4.75. The largest absolute Gasteiger partial charge is 0.424 e. The predicted molar refractivity (Wildman–Crippen MR) is 59.4 cm³/mol. The van der Waals surface area contributed by atoms with Crippen LogP contribution in [-0.4, -0.2) is 17.2 Å². The van der Waals surface area contributed by atoms with E-state index in [0.717, 1.165) is 12.3 Å². The van der Waals surface area contributed by atoms with Crippen LogP contribution in [0, 0.1) is 11.3 Å². The first-order valence-corrected chi connectivity index (χ1v) is 5.39. The molecule has 0 saturated carbocycles. The molecule has 0 aliphatic carbocycles. The van der Waals surface area contributed by atoms with Gasteiger partial charge in [-0.15, -0.1) is 10.2 Å². The molecular weight excluding hydrogens is 190 g/mol. The Labute approximate surface area is 91.5 Å². The van der Waals surface area contributed by atoms with Crippen molar-refractivity contribution >= 4 is 0 Å². The van der Waals surface area contributed by atoms with E-state index >= 15 is 0 Å². The van der Waals surface area contributed by atoms with Crippen LogP contribution in [-0.2, 0) is 13.0 Å². The van der Waals surface area contributed by atoms with Crippen LogP contribution >= 0.6 is 0 Å². The summed E-state index contributed by atoms with van der Waals surface area (Å²) in [6.45, 7) is 9.52. The van der Waals surface area contributed by atoms with Gasteiger partial charge in [0.1, 0.15) is 0 Å². The lowest BCUT2D eigenvalue weighted by atomic mass is 9.80. The van der Waals surface area contributed by atoms with Crippen LogP contribution < -0.4 is 5.32 Å². The molecule has 1 rings (SSSR count). The Morgan fingerprint density at radius 1 is 1.27 bits per heavy atom. The van der Waals surface area contributed by atoms with Gasteiger partial charge in [-0.25, -0.2) is 0 Å². The third kappa shape index (κ3) is 3.63. The molecule has 4 heteroatoms. The first-order valence-electron chi connectivity index (χ1n) is 5.39. The van der Waals surface area contributed by atoms with Crippen LogP contribution in [0.5, 0.6) is 0 Å². The van der Waals surface area contributed by atoms with E-state index in [4.69, 9.17) is 4.42 Å². The Kier molecular flexibility index (Phi) is 3.85. The Morgan fingerprint density at radius 3 is 2.40 bits per heavy atom. The molecule has 1 atom stereocenters. The van der Waals surface area contributed by atoms with Gasteiger partial charge in [-0.1, -0.05) is 27.7 Å². The molecule has 86 valence electrons. The molecule has 1 heterocycles. The van der Waals surface area contributed by atoms with E-state index in [1.807, 2.05) is 7.05 Å². The van der Waals surface area contributed by atoms with Crippen LogP contribution in [0.1, 0.15) is 39.5 Å². The van der Waals surface area contributed by atoms with Gasteiger partial charge in [0.25, 0.3) is 0 Å². The van der Waals surface area contributed by atoms with Gasteiger partial charge in [0.15, 0.2) is 0 Å². The molecule has 1 aromatic heterocycles. The number of rotatable bonds is 4. The molecular formula is C11H21N3O. The van der Waals surface area contributed by atoms with Crippen LogP contribution in [0.15, 0.2) is 4.42 Å². The lowest BCUT2D eigenvalue weighted by Crippen LogP contribution is -2.19. The fraction of sp³-hybridized carbons (Fsp3) is 0.818. The Morgan fingerprint density at radius 2 is 1.87 bits per heavy atom. The van der Waals surface area contributed by atoms with Gasteiger partial charge in [0.2, 0.25) is 11.8 Å². The summed E-state index contributed by atoms with van der Waals surface area (Å²) in [6, 6.07) is 0. The minimum absolute atomic E-state index is 0.275. The zero-order chi connectivity index (χ0) is 11.5. The molecule has 1 aromatic rings. The highest BCUT2D eigenvalue weighted by Crippen LogP contribution is 2.27. The number of nitrogens with one attached hydrogen (secondary N) is 1. The van der Waals surface area contributed by atoms with Gasteiger partial charge in [0, 0.05) is 6.42 Å². The van der Waals surface area contributed by atoms with Crippen molar-refractivity contribution in [3.63, 3.8) is 0 Å². The highest BCUT2D eigenvalue weighted by molar-refractivity contribution is 4.85. The number of nitrogens with zero attached hydrogens (tertiary/aromatic N) is 2. The molecule has 0 radical (unpaired) electrons.